The Morgan fingerprint density at radius 2 is 2.28 bits per heavy atom. The lowest BCUT2D eigenvalue weighted by molar-refractivity contribution is 0.0476. The number of hydrogen-bond acceptors (Lipinski definition) is 4. The van der Waals surface area contributed by atoms with Crippen LogP contribution in [0.25, 0.3) is 0 Å². The van der Waals surface area contributed by atoms with Gasteiger partial charge in [-0.2, -0.15) is 0 Å². The zero-order chi connectivity index (χ0) is 13.0. The number of hydrogen-bond donors (Lipinski definition) is 1. The Hall–Kier alpha value is -0.970. The second kappa shape index (κ2) is 6.27. The SMILES string of the molecule is CNCC1CN(Cc2cccnc2)C(C)CN1C. The van der Waals surface area contributed by atoms with Gasteiger partial charge in [-0.3, -0.25) is 14.8 Å². The van der Waals surface area contributed by atoms with E-state index in [9.17, 15) is 0 Å². The van der Waals surface area contributed by atoms with Crippen LogP contribution in [0.2, 0.25) is 0 Å². The van der Waals surface area contributed by atoms with Gasteiger partial charge in [-0.1, -0.05) is 6.07 Å². The van der Waals surface area contributed by atoms with Crippen molar-refractivity contribution in [3.63, 3.8) is 0 Å². The van der Waals surface area contributed by atoms with Crippen molar-refractivity contribution in [2.45, 2.75) is 25.6 Å². The van der Waals surface area contributed by atoms with Crippen molar-refractivity contribution in [1.29, 1.82) is 0 Å². The highest BCUT2D eigenvalue weighted by Gasteiger charge is 2.28. The van der Waals surface area contributed by atoms with Gasteiger partial charge in [-0.25, -0.2) is 0 Å². The quantitative estimate of drug-likeness (QED) is 0.854. The van der Waals surface area contributed by atoms with E-state index >= 15 is 0 Å². The smallest absolute Gasteiger partial charge is 0.0345 e. The fourth-order valence-corrected chi connectivity index (χ4v) is 2.67. The van der Waals surface area contributed by atoms with Crippen molar-refractivity contribution in [1.82, 2.24) is 20.1 Å². The van der Waals surface area contributed by atoms with Crippen LogP contribution < -0.4 is 5.32 Å². The fraction of sp³-hybridized carbons (Fsp3) is 0.643. The topological polar surface area (TPSA) is 31.4 Å². The lowest BCUT2D eigenvalue weighted by atomic mass is 10.1. The maximum absolute atomic E-state index is 4.20. The normalized spacial score (nSPS) is 26.4. The molecule has 2 atom stereocenters. The molecule has 0 aliphatic carbocycles. The van der Waals surface area contributed by atoms with Crippen molar-refractivity contribution in [2.75, 3.05) is 33.7 Å². The summed E-state index contributed by atoms with van der Waals surface area (Å²) in [7, 11) is 4.25. The van der Waals surface area contributed by atoms with E-state index < -0.39 is 0 Å². The van der Waals surface area contributed by atoms with Gasteiger partial charge in [0.1, 0.15) is 0 Å². The molecule has 2 heterocycles. The van der Waals surface area contributed by atoms with Crippen LogP contribution in [0.4, 0.5) is 0 Å². The van der Waals surface area contributed by atoms with Crippen molar-refractivity contribution < 1.29 is 0 Å². The van der Waals surface area contributed by atoms with Crippen LogP contribution in [0.5, 0.6) is 0 Å². The van der Waals surface area contributed by atoms with Gasteiger partial charge in [-0.15, -0.1) is 0 Å². The maximum Gasteiger partial charge on any atom is 0.0345 e. The molecule has 0 saturated carbocycles. The van der Waals surface area contributed by atoms with E-state index in [1.165, 1.54) is 5.56 Å². The van der Waals surface area contributed by atoms with E-state index in [-0.39, 0.29) is 0 Å². The van der Waals surface area contributed by atoms with Crippen LogP contribution in [0.15, 0.2) is 24.5 Å². The summed E-state index contributed by atoms with van der Waals surface area (Å²) in [5.41, 5.74) is 1.30. The van der Waals surface area contributed by atoms with E-state index in [0.29, 0.717) is 12.1 Å². The van der Waals surface area contributed by atoms with Crippen molar-refractivity contribution in [3.05, 3.63) is 30.1 Å². The van der Waals surface area contributed by atoms with Gasteiger partial charge < -0.3 is 5.32 Å². The van der Waals surface area contributed by atoms with Gasteiger partial charge in [0.05, 0.1) is 0 Å². The first-order chi connectivity index (χ1) is 8.70. The maximum atomic E-state index is 4.20. The molecule has 0 aromatic carbocycles. The molecule has 1 N–H and O–H groups in total. The highest BCUT2D eigenvalue weighted by molar-refractivity contribution is 5.09. The highest BCUT2D eigenvalue weighted by Crippen LogP contribution is 2.16. The fourth-order valence-electron chi connectivity index (χ4n) is 2.67. The average Bonchev–Trinajstić information content (AvgIpc) is 2.37. The molecule has 4 nitrogen and oxygen atoms in total. The zero-order valence-electron chi connectivity index (χ0n) is 11.6. The van der Waals surface area contributed by atoms with Gasteiger partial charge in [-0.05, 0) is 32.6 Å². The molecule has 1 saturated heterocycles. The second-order valence-electron chi connectivity index (χ2n) is 5.29. The molecule has 2 unspecified atom stereocenters. The minimum atomic E-state index is 0.600. The standard InChI is InChI=1S/C14H24N4/c1-12-9-17(3)14(8-15-2)11-18(12)10-13-5-4-6-16-7-13/h4-7,12,14-15H,8-11H2,1-3H3. The van der Waals surface area contributed by atoms with Crippen LogP contribution in [-0.2, 0) is 6.54 Å². The first kappa shape index (κ1) is 13.5. The molecule has 1 aliphatic rings. The summed E-state index contributed by atoms with van der Waals surface area (Å²) < 4.78 is 0. The lowest BCUT2D eigenvalue weighted by Gasteiger charge is -2.43. The molecule has 1 aromatic heterocycles. The summed E-state index contributed by atoms with van der Waals surface area (Å²) in [5.74, 6) is 0. The van der Waals surface area contributed by atoms with E-state index in [0.717, 1.165) is 26.2 Å². The number of piperazine rings is 1. The van der Waals surface area contributed by atoms with Gasteiger partial charge in [0.15, 0.2) is 0 Å². The van der Waals surface area contributed by atoms with Crippen molar-refractivity contribution >= 4 is 0 Å². The number of rotatable bonds is 4. The number of aromatic nitrogens is 1. The predicted octanol–water partition coefficient (Wildman–Crippen LogP) is 0.805. The van der Waals surface area contributed by atoms with Gasteiger partial charge in [0.2, 0.25) is 0 Å². The minimum Gasteiger partial charge on any atom is -0.318 e. The Bertz CT molecular complexity index is 354. The van der Waals surface area contributed by atoms with E-state index in [4.69, 9.17) is 0 Å². The van der Waals surface area contributed by atoms with E-state index in [2.05, 4.69) is 40.1 Å². The Labute approximate surface area is 110 Å². The van der Waals surface area contributed by atoms with Crippen LogP contribution in [0.3, 0.4) is 0 Å². The highest BCUT2D eigenvalue weighted by atomic mass is 15.3. The molecule has 0 amide bonds. The summed E-state index contributed by atoms with van der Waals surface area (Å²) in [6, 6.07) is 5.37. The Kier molecular flexibility index (Phi) is 4.69. The molecule has 0 bridgehead atoms. The number of nitrogens with zero attached hydrogens (tertiary/aromatic N) is 3. The Balaban J connectivity index is 1.99. The molecule has 2 rings (SSSR count). The molecule has 1 fully saturated rings. The van der Waals surface area contributed by atoms with Crippen LogP contribution in [-0.4, -0.2) is 60.6 Å². The molecule has 100 valence electrons. The van der Waals surface area contributed by atoms with Gasteiger partial charge in [0, 0.05) is 50.7 Å². The molecular weight excluding hydrogens is 224 g/mol. The third-order valence-corrected chi connectivity index (χ3v) is 3.79. The molecule has 4 heteroatoms. The van der Waals surface area contributed by atoms with Crippen LogP contribution in [0, 0.1) is 0 Å². The number of likely N-dealkylation sites (N-methyl/N-ethyl adjacent to an activating group) is 2. The molecule has 0 radical (unpaired) electrons. The molecular formula is C14H24N4. The third-order valence-electron chi connectivity index (χ3n) is 3.79. The van der Waals surface area contributed by atoms with E-state index in [1.807, 2.05) is 25.5 Å². The van der Waals surface area contributed by atoms with Crippen LogP contribution >= 0.6 is 0 Å². The third kappa shape index (κ3) is 3.28. The monoisotopic (exact) mass is 248 g/mol. The summed E-state index contributed by atoms with van der Waals surface area (Å²) in [5, 5.41) is 3.29. The second-order valence-corrected chi connectivity index (χ2v) is 5.29. The minimum absolute atomic E-state index is 0.600. The summed E-state index contributed by atoms with van der Waals surface area (Å²) in [4.78, 5) is 9.21. The first-order valence-corrected chi connectivity index (χ1v) is 6.68. The van der Waals surface area contributed by atoms with Gasteiger partial charge >= 0.3 is 0 Å². The zero-order valence-corrected chi connectivity index (χ0v) is 11.6. The first-order valence-electron chi connectivity index (χ1n) is 6.68. The largest absolute Gasteiger partial charge is 0.318 e. The summed E-state index contributed by atoms with van der Waals surface area (Å²) >= 11 is 0. The lowest BCUT2D eigenvalue weighted by Crippen LogP contribution is -2.58. The number of nitrogens with one attached hydrogen (secondary N) is 1. The average molecular weight is 248 g/mol. The molecule has 1 aromatic rings. The Morgan fingerprint density at radius 1 is 1.44 bits per heavy atom. The summed E-state index contributed by atoms with van der Waals surface area (Å²) in [6.07, 6.45) is 3.80. The predicted molar refractivity (Wildman–Crippen MR) is 74.5 cm³/mol. The van der Waals surface area contributed by atoms with E-state index in [1.54, 1.807) is 0 Å². The Morgan fingerprint density at radius 3 is 2.94 bits per heavy atom. The molecule has 1 aliphatic heterocycles. The van der Waals surface area contributed by atoms with Crippen molar-refractivity contribution in [2.24, 2.45) is 0 Å². The van der Waals surface area contributed by atoms with Crippen LogP contribution in [0.1, 0.15) is 12.5 Å². The number of pyridine rings is 1. The van der Waals surface area contributed by atoms with Gasteiger partial charge in [0.25, 0.3) is 0 Å². The molecule has 18 heavy (non-hydrogen) atoms. The van der Waals surface area contributed by atoms with Crippen molar-refractivity contribution in [3.8, 4) is 0 Å². The molecule has 0 spiro atoms. The summed E-state index contributed by atoms with van der Waals surface area (Å²) in [6.45, 7) is 6.61.